The molecular formula is C12H17BrClNO2. The van der Waals surface area contributed by atoms with Crippen LogP contribution in [0.2, 0.25) is 0 Å². The fourth-order valence-corrected chi connectivity index (χ4v) is 2.33. The van der Waals surface area contributed by atoms with Crippen molar-refractivity contribution in [1.82, 2.24) is 4.90 Å². The number of hydrogen-bond acceptors (Lipinski definition) is 2. The summed E-state index contributed by atoms with van der Waals surface area (Å²) in [5.74, 6) is 0.698. The van der Waals surface area contributed by atoms with Gasteiger partial charge in [0.1, 0.15) is 0 Å². The molecule has 0 saturated heterocycles. The average molecular weight is 323 g/mol. The second-order valence-corrected chi connectivity index (χ2v) is 4.92. The van der Waals surface area contributed by atoms with E-state index in [1.807, 2.05) is 0 Å². The molecule has 0 aliphatic rings. The normalized spacial score (nSPS) is 10.9. The average Bonchev–Trinajstić information content (AvgIpc) is 2.75. The number of halogens is 2. The summed E-state index contributed by atoms with van der Waals surface area (Å²) in [6, 6.07) is 3.61. The van der Waals surface area contributed by atoms with Gasteiger partial charge in [-0.25, -0.2) is 0 Å². The van der Waals surface area contributed by atoms with Gasteiger partial charge in [0.05, 0.1) is 0 Å². The van der Waals surface area contributed by atoms with E-state index in [4.69, 9.17) is 16.0 Å². The first-order valence-electron chi connectivity index (χ1n) is 5.76. The van der Waals surface area contributed by atoms with Crippen LogP contribution in [0.1, 0.15) is 37.2 Å². The Hall–Kier alpha value is -0.480. The summed E-state index contributed by atoms with van der Waals surface area (Å²) in [6.07, 6.45) is 1.84. The van der Waals surface area contributed by atoms with Crippen LogP contribution in [0.25, 0.3) is 0 Å². The van der Waals surface area contributed by atoms with E-state index in [0.717, 1.165) is 12.8 Å². The van der Waals surface area contributed by atoms with E-state index in [1.165, 1.54) is 0 Å². The number of carbonyl (C=O) groups is 1. The first kappa shape index (κ1) is 14.6. The van der Waals surface area contributed by atoms with Crippen LogP contribution in [0.15, 0.2) is 21.2 Å². The molecule has 0 aliphatic carbocycles. The highest BCUT2D eigenvalue weighted by molar-refractivity contribution is 9.10. The lowest BCUT2D eigenvalue weighted by Crippen LogP contribution is -2.40. The van der Waals surface area contributed by atoms with E-state index in [0.29, 0.717) is 22.9 Å². The van der Waals surface area contributed by atoms with E-state index in [9.17, 15) is 4.79 Å². The summed E-state index contributed by atoms with van der Waals surface area (Å²) < 4.78 is 5.86. The summed E-state index contributed by atoms with van der Waals surface area (Å²) in [5, 5.41) is 0. The van der Waals surface area contributed by atoms with Gasteiger partial charge in [-0.05, 0) is 40.9 Å². The van der Waals surface area contributed by atoms with Crippen molar-refractivity contribution in [2.24, 2.45) is 0 Å². The number of furan rings is 1. The molecule has 0 fully saturated rings. The number of amides is 1. The Morgan fingerprint density at radius 2 is 2.12 bits per heavy atom. The zero-order valence-corrected chi connectivity index (χ0v) is 12.4. The Kier molecular flexibility index (Phi) is 6.06. The molecule has 0 aromatic carbocycles. The number of rotatable bonds is 6. The molecule has 0 bridgehead atoms. The van der Waals surface area contributed by atoms with Gasteiger partial charge in [-0.2, -0.15) is 0 Å². The highest BCUT2D eigenvalue weighted by Gasteiger charge is 2.24. The third-order valence-electron chi connectivity index (χ3n) is 2.75. The second-order valence-electron chi connectivity index (χ2n) is 3.76. The Morgan fingerprint density at radius 3 is 2.53 bits per heavy atom. The molecule has 1 heterocycles. The Morgan fingerprint density at radius 1 is 1.47 bits per heavy atom. The van der Waals surface area contributed by atoms with Gasteiger partial charge in [0, 0.05) is 18.5 Å². The molecule has 0 unspecified atom stereocenters. The highest BCUT2D eigenvalue weighted by Crippen LogP contribution is 2.18. The van der Waals surface area contributed by atoms with Crippen molar-refractivity contribution in [1.29, 1.82) is 0 Å². The van der Waals surface area contributed by atoms with Crippen LogP contribution in [0.3, 0.4) is 0 Å². The van der Waals surface area contributed by atoms with Gasteiger partial charge in [0.15, 0.2) is 10.4 Å². The van der Waals surface area contributed by atoms with E-state index in [1.54, 1.807) is 17.0 Å². The summed E-state index contributed by atoms with van der Waals surface area (Å²) in [4.78, 5) is 14.1. The van der Waals surface area contributed by atoms with Gasteiger partial charge < -0.3 is 9.32 Å². The van der Waals surface area contributed by atoms with Gasteiger partial charge in [-0.3, -0.25) is 4.79 Å². The molecule has 1 aromatic heterocycles. The zero-order chi connectivity index (χ0) is 12.8. The SMILES string of the molecule is CCC(CC)N(CCCl)C(=O)c1ccc(Br)o1. The number of carbonyl (C=O) groups excluding carboxylic acids is 1. The van der Waals surface area contributed by atoms with Crippen LogP contribution in [0, 0.1) is 0 Å². The van der Waals surface area contributed by atoms with Crippen molar-refractivity contribution < 1.29 is 9.21 Å². The molecule has 0 aliphatic heterocycles. The standard InChI is InChI=1S/C12H17BrClNO2/c1-3-9(4-2)15(8-7-14)12(16)10-5-6-11(13)17-10/h5-6,9H,3-4,7-8H2,1-2H3. The minimum absolute atomic E-state index is 0.0925. The van der Waals surface area contributed by atoms with Crippen molar-refractivity contribution in [2.75, 3.05) is 12.4 Å². The molecule has 0 saturated carbocycles. The minimum Gasteiger partial charge on any atom is -0.444 e. The molecule has 0 spiro atoms. The molecule has 0 radical (unpaired) electrons. The van der Waals surface area contributed by atoms with E-state index >= 15 is 0 Å². The van der Waals surface area contributed by atoms with Gasteiger partial charge in [-0.1, -0.05) is 13.8 Å². The maximum Gasteiger partial charge on any atom is 0.289 e. The van der Waals surface area contributed by atoms with Crippen LogP contribution in [-0.2, 0) is 0 Å². The third-order valence-corrected chi connectivity index (χ3v) is 3.35. The smallest absolute Gasteiger partial charge is 0.289 e. The molecule has 1 aromatic rings. The van der Waals surface area contributed by atoms with Gasteiger partial charge >= 0.3 is 0 Å². The number of nitrogens with zero attached hydrogens (tertiary/aromatic N) is 1. The topological polar surface area (TPSA) is 33.5 Å². The predicted molar refractivity (Wildman–Crippen MR) is 72.5 cm³/mol. The molecule has 0 N–H and O–H groups in total. The number of hydrogen-bond donors (Lipinski definition) is 0. The highest BCUT2D eigenvalue weighted by atomic mass is 79.9. The quantitative estimate of drug-likeness (QED) is 0.744. The van der Waals surface area contributed by atoms with Crippen molar-refractivity contribution in [2.45, 2.75) is 32.7 Å². The molecule has 1 rings (SSSR count). The van der Waals surface area contributed by atoms with Crippen molar-refractivity contribution in [3.63, 3.8) is 0 Å². The van der Waals surface area contributed by atoms with Crippen molar-refractivity contribution in [3.05, 3.63) is 22.6 Å². The lowest BCUT2D eigenvalue weighted by molar-refractivity contribution is 0.0647. The fraction of sp³-hybridized carbons (Fsp3) is 0.583. The molecule has 3 nitrogen and oxygen atoms in total. The summed E-state index contributed by atoms with van der Waals surface area (Å²) in [6.45, 7) is 4.69. The summed E-state index contributed by atoms with van der Waals surface area (Å²) >= 11 is 8.95. The first-order valence-corrected chi connectivity index (χ1v) is 7.09. The molecule has 17 heavy (non-hydrogen) atoms. The van der Waals surface area contributed by atoms with Crippen LogP contribution in [-0.4, -0.2) is 29.3 Å². The fourth-order valence-electron chi connectivity index (χ4n) is 1.84. The summed E-state index contributed by atoms with van der Waals surface area (Å²) in [7, 11) is 0. The molecule has 0 atom stereocenters. The molecular weight excluding hydrogens is 305 g/mol. The van der Waals surface area contributed by atoms with Crippen molar-refractivity contribution >= 4 is 33.4 Å². The van der Waals surface area contributed by atoms with E-state index < -0.39 is 0 Å². The van der Waals surface area contributed by atoms with Crippen LogP contribution < -0.4 is 0 Å². The monoisotopic (exact) mass is 321 g/mol. The van der Waals surface area contributed by atoms with E-state index in [-0.39, 0.29) is 11.9 Å². The van der Waals surface area contributed by atoms with Crippen LogP contribution in [0.5, 0.6) is 0 Å². The Balaban J connectivity index is 2.86. The molecule has 5 heteroatoms. The van der Waals surface area contributed by atoms with Gasteiger partial charge in [-0.15, -0.1) is 11.6 Å². The lowest BCUT2D eigenvalue weighted by Gasteiger charge is -2.29. The zero-order valence-electron chi connectivity index (χ0n) is 10.1. The minimum atomic E-state index is -0.0925. The third kappa shape index (κ3) is 3.75. The Labute approximate surface area is 115 Å². The van der Waals surface area contributed by atoms with Gasteiger partial charge in [0.25, 0.3) is 5.91 Å². The Bertz CT molecular complexity index is 363. The largest absolute Gasteiger partial charge is 0.444 e. The van der Waals surface area contributed by atoms with Crippen LogP contribution >= 0.6 is 27.5 Å². The lowest BCUT2D eigenvalue weighted by atomic mass is 10.1. The van der Waals surface area contributed by atoms with Gasteiger partial charge in [0.2, 0.25) is 0 Å². The first-order chi connectivity index (χ1) is 8.13. The predicted octanol–water partition coefficient (Wildman–Crippen LogP) is 3.91. The summed E-state index contributed by atoms with van der Waals surface area (Å²) in [5.41, 5.74) is 0. The maximum absolute atomic E-state index is 12.3. The maximum atomic E-state index is 12.3. The van der Waals surface area contributed by atoms with Crippen molar-refractivity contribution in [3.8, 4) is 0 Å². The molecule has 96 valence electrons. The van der Waals surface area contributed by atoms with Crippen LogP contribution in [0.4, 0.5) is 0 Å². The molecule has 1 amide bonds. The van der Waals surface area contributed by atoms with E-state index in [2.05, 4.69) is 29.8 Å². The second kappa shape index (κ2) is 7.07. The number of alkyl halides is 1.